The van der Waals surface area contributed by atoms with Gasteiger partial charge in [-0.05, 0) is 19.1 Å². The van der Waals surface area contributed by atoms with E-state index in [1.54, 1.807) is 11.8 Å². The Morgan fingerprint density at radius 1 is 0.833 bits per heavy atom. The van der Waals surface area contributed by atoms with Crippen LogP contribution in [-0.4, -0.2) is 5.11 Å². The summed E-state index contributed by atoms with van der Waals surface area (Å²) in [4.78, 5) is 2.29. The highest BCUT2D eigenvalue weighted by Crippen LogP contribution is 2.47. The van der Waals surface area contributed by atoms with Crippen molar-refractivity contribution in [3.05, 3.63) is 59.7 Å². The second-order valence-electron chi connectivity index (χ2n) is 4.17. The monoisotopic (exact) mass is 258 g/mol. The Morgan fingerprint density at radius 3 is 1.67 bits per heavy atom. The molecule has 2 aromatic carbocycles. The minimum atomic E-state index is -0.877. The van der Waals surface area contributed by atoms with Crippen LogP contribution in [0.5, 0.6) is 0 Å². The van der Waals surface area contributed by atoms with E-state index in [0.29, 0.717) is 0 Å². The van der Waals surface area contributed by atoms with Crippen molar-refractivity contribution < 1.29 is 5.11 Å². The largest absolute Gasteiger partial charge is 0.381 e. The van der Waals surface area contributed by atoms with Crippen molar-refractivity contribution in [3.63, 3.8) is 0 Å². The zero-order chi connectivity index (χ0) is 13.2. The van der Waals surface area contributed by atoms with E-state index in [9.17, 15) is 5.11 Å². The van der Waals surface area contributed by atoms with Crippen LogP contribution in [0.25, 0.3) is 0 Å². The van der Waals surface area contributed by atoms with Gasteiger partial charge < -0.3 is 5.11 Å². The molecule has 2 heteroatoms. The number of hydrogen-bond acceptors (Lipinski definition) is 2. The summed E-state index contributed by atoms with van der Waals surface area (Å²) in [6.07, 6.45) is 0. The van der Waals surface area contributed by atoms with E-state index in [-0.39, 0.29) is 0 Å². The number of hydrogen-bond donors (Lipinski definition) is 1. The summed E-state index contributed by atoms with van der Waals surface area (Å²) in [5.41, 5.74) is 1.12. The second kappa shape index (κ2) is 5.17. The van der Waals surface area contributed by atoms with Gasteiger partial charge in [0.1, 0.15) is 5.60 Å². The Morgan fingerprint density at radius 2 is 1.22 bits per heavy atom. The lowest BCUT2D eigenvalue weighted by molar-refractivity contribution is 0.0952. The second-order valence-corrected chi connectivity index (χ2v) is 5.25. The highest BCUT2D eigenvalue weighted by atomic mass is 32.2. The quantitative estimate of drug-likeness (QED) is 0.754. The maximum atomic E-state index is 10.7. The Hall–Kier alpha value is -1.25. The summed E-state index contributed by atoms with van der Waals surface area (Å²) < 4.78 is 0. The number of benzene rings is 2. The maximum Gasteiger partial charge on any atom is 0.114 e. The number of rotatable bonds is 0. The minimum absolute atomic E-state index is 0.877. The predicted octanol–water partition coefficient (Wildman–Crippen LogP) is 4.43. The fraction of sp³-hybridized carbons (Fsp3) is 0.250. The molecule has 0 saturated heterocycles. The molecule has 0 atom stereocenters. The van der Waals surface area contributed by atoms with Crippen LogP contribution in [0.15, 0.2) is 58.3 Å². The molecule has 1 heterocycles. The third-order valence-corrected chi connectivity index (χ3v) is 4.19. The highest BCUT2D eigenvalue weighted by molar-refractivity contribution is 7.99. The van der Waals surface area contributed by atoms with Gasteiger partial charge in [-0.3, -0.25) is 0 Å². The normalized spacial score (nSPS) is 14.9. The van der Waals surface area contributed by atoms with Crippen molar-refractivity contribution in [2.45, 2.75) is 36.2 Å². The third kappa shape index (κ3) is 2.06. The van der Waals surface area contributed by atoms with Crippen molar-refractivity contribution in [3.8, 4) is 0 Å². The van der Waals surface area contributed by atoms with Crippen molar-refractivity contribution in [2.75, 3.05) is 0 Å². The molecule has 0 spiro atoms. The first-order chi connectivity index (χ1) is 8.69. The first kappa shape index (κ1) is 13.2. The summed E-state index contributed by atoms with van der Waals surface area (Å²) in [5.74, 6) is 0. The van der Waals surface area contributed by atoms with Crippen LogP contribution in [0, 0.1) is 0 Å². The molecule has 0 saturated carbocycles. The molecule has 1 nitrogen and oxygen atoms in total. The van der Waals surface area contributed by atoms with Gasteiger partial charge in [-0.25, -0.2) is 0 Å². The molecule has 0 unspecified atom stereocenters. The molecule has 1 aliphatic rings. The van der Waals surface area contributed by atoms with Gasteiger partial charge in [-0.2, -0.15) is 0 Å². The van der Waals surface area contributed by atoms with Crippen LogP contribution in [0.1, 0.15) is 31.9 Å². The molecular formula is C16H18OS. The molecule has 2 aromatic rings. The molecule has 1 N–H and O–H groups in total. The first-order valence-corrected chi connectivity index (χ1v) is 7.10. The molecule has 0 radical (unpaired) electrons. The molecule has 0 aromatic heterocycles. The lowest BCUT2D eigenvalue weighted by Crippen LogP contribution is -2.26. The summed E-state index contributed by atoms with van der Waals surface area (Å²) >= 11 is 1.72. The molecule has 0 aliphatic carbocycles. The highest BCUT2D eigenvalue weighted by Gasteiger charge is 2.34. The number of aliphatic hydroxyl groups is 1. The Labute approximate surface area is 113 Å². The third-order valence-electron chi connectivity index (χ3n) is 3.04. The molecule has 0 bridgehead atoms. The molecular weight excluding hydrogens is 240 g/mol. The smallest absolute Gasteiger partial charge is 0.114 e. The standard InChI is InChI=1S/C14H12OS.C2H6/c1-14(15)10-6-2-4-8-12(10)16-13-9-5-3-7-11(13)14;1-2/h2-9,15H,1H3;1-2H3. The van der Waals surface area contributed by atoms with Gasteiger partial charge in [-0.15, -0.1) is 0 Å². The Balaban J connectivity index is 0.000000574. The van der Waals surface area contributed by atoms with Crippen LogP contribution in [0.3, 0.4) is 0 Å². The van der Waals surface area contributed by atoms with E-state index in [4.69, 9.17) is 0 Å². The van der Waals surface area contributed by atoms with Gasteiger partial charge >= 0.3 is 0 Å². The van der Waals surface area contributed by atoms with Crippen LogP contribution in [-0.2, 0) is 5.60 Å². The molecule has 94 valence electrons. The zero-order valence-corrected chi connectivity index (χ0v) is 11.8. The summed E-state index contributed by atoms with van der Waals surface area (Å²) in [7, 11) is 0. The zero-order valence-electron chi connectivity index (χ0n) is 11.0. The van der Waals surface area contributed by atoms with Gasteiger partial charge in [0, 0.05) is 20.9 Å². The molecule has 3 rings (SSSR count). The van der Waals surface area contributed by atoms with Crippen molar-refractivity contribution in [1.29, 1.82) is 0 Å². The van der Waals surface area contributed by atoms with Crippen molar-refractivity contribution >= 4 is 11.8 Å². The predicted molar refractivity (Wildman–Crippen MR) is 77.0 cm³/mol. The van der Waals surface area contributed by atoms with Gasteiger partial charge in [0.25, 0.3) is 0 Å². The Kier molecular flexibility index (Phi) is 3.79. The minimum Gasteiger partial charge on any atom is -0.381 e. The van der Waals surface area contributed by atoms with Gasteiger partial charge in [-0.1, -0.05) is 62.0 Å². The molecule has 0 fully saturated rings. The van der Waals surface area contributed by atoms with E-state index in [0.717, 1.165) is 20.9 Å². The molecule has 0 amide bonds. The van der Waals surface area contributed by atoms with Gasteiger partial charge in [0.15, 0.2) is 0 Å². The average molecular weight is 258 g/mol. The molecule has 1 aliphatic heterocycles. The van der Waals surface area contributed by atoms with E-state index in [2.05, 4.69) is 12.1 Å². The van der Waals surface area contributed by atoms with E-state index < -0.39 is 5.60 Å². The molecule has 18 heavy (non-hydrogen) atoms. The summed E-state index contributed by atoms with van der Waals surface area (Å²) in [6.45, 7) is 5.87. The fourth-order valence-corrected chi connectivity index (χ4v) is 3.46. The van der Waals surface area contributed by atoms with Crippen LogP contribution >= 0.6 is 11.8 Å². The fourth-order valence-electron chi connectivity index (χ4n) is 2.18. The lowest BCUT2D eigenvalue weighted by atomic mass is 9.88. The topological polar surface area (TPSA) is 20.2 Å². The average Bonchev–Trinajstić information content (AvgIpc) is 2.41. The summed E-state index contributed by atoms with van der Waals surface area (Å²) in [6, 6.07) is 16.1. The van der Waals surface area contributed by atoms with Crippen molar-refractivity contribution in [2.24, 2.45) is 0 Å². The first-order valence-electron chi connectivity index (χ1n) is 6.29. The van der Waals surface area contributed by atoms with Crippen LogP contribution < -0.4 is 0 Å². The maximum absolute atomic E-state index is 10.7. The van der Waals surface area contributed by atoms with Crippen LogP contribution in [0.4, 0.5) is 0 Å². The van der Waals surface area contributed by atoms with E-state index in [1.807, 2.05) is 57.2 Å². The SMILES string of the molecule is CC.CC1(O)c2ccccc2Sc2ccccc21. The van der Waals surface area contributed by atoms with Crippen LogP contribution in [0.2, 0.25) is 0 Å². The lowest BCUT2D eigenvalue weighted by Gasteiger charge is -2.32. The van der Waals surface area contributed by atoms with Gasteiger partial charge in [0.05, 0.1) is 0 Å². The van der Waals surface area contributed by atoms with E-state index in [1.165, 1.54) is 0 Å². The summed E-state index contributed by atoms with van der Waals surface area (Å²) in [5, 5.41) is 10.7. The van der Waals surface area contributed by atoms with Crippen molar-refractivity contribution in [1.82, 2.24) is 0 Å². The number of fused-ring (bicyclic) bond motifs is 2. The Bertz CT molecular complexity index is 499. The van der Waals surface area contributed by atoms with Gasteiger partial charge in [0.2, 0.25) is 0 Å². The van der Waals surface area contributed by atoms with E-state index >= 15 is 0 Å².